The molecule has 5 nitrogen and oxygen atoms in total. The largest absolute Gasteiger partial charge is 0.478 e. The SMILES string of the molecule is Cl.O=C(O)C1=Cc2cc(Cl)c(Cn3ccnc3)cc2OC1C(F)(F)F. The number of nitrogens with zero attached hydrogens (tertiary/aromatic N) is 2. The van der Waals surface area contributed by atoms with Gasteiger partial charge in [-0.15, -0.1) is 12.4 Å². The lowest BCUT2D eigenvalue weighted by atomic mass is 10.00. The van der Waals surface area contributed by atoms with Gasteiger partial charge in [0.05, 0.1) is 18.4 Å². The number of alkyl halides is 3. The molecule has 134 valence electrons. The number of rotatable bonds is 3. The quantitative estimate of drug-likeness (QED) is 0.859. The van der Waals surface area contributed by atoms with E-state index in [2.05, 4.69) is 4.98 Å². The molecule has 25 heavy (non-hydrogen) atoms. The maximum Gasteiger partial charge on any atom is 0.430 e. The Hall–Kier alpha value is -2.19. The van der Waals surface area contributed by atoms with Crippen molar-refractivity contribution in [2.45, 2.75) is 18.8 Å². The van der Waals surface area contributed by atoms with Crippen LogP contribution in [0.15, 0.2) is 36.4 Å². The third-order valence-electron chi connectivity index (χ3n) is 3.47. The second-order valence-electron chi connectivity index (χ2n) is 5.16. The van der Waals surface area contributed by atoms with Gasteiger partial charge < -0.3 is 14.4 Å². The molecule has 0 aliphatic carbocycles. The molecule has 2 heterocycles. The van der Waals surface area contributed by atoms with Crippen LogP contribution in [0.1, 0.15) is 11.1 Å². The lowest BCUT2D eigenvalue weighted by Crippen LogP contribution is -2.40. The molecule has 1 aliphatic rings. The highest BCUT2D eigenvalue weighted by atomic mass is 35.5. The Morgan fingerprint density at radius 3 is 2.68 bits per heavy atom. The summed E-state index contributed by atoms with van der Waals surface area (Å²) in [6, 6.07) is 2.77. The summed E-state index contributed by atoms with van der Waals surface area (Å²) >= 11 is 6.14. The van der Waals surface area contributed by atoms with E-state index in [1.54, 1.807) is 17.0 Å². The molecule has 1 N–H and O–H groups in total. The normalized spacial score (nSPS) is 16.3. The van der Waals surface area contributed by atoms with Crippen LogP contribution in [-0.2, 0) is 11.3 Å². The monoisotopic (exact) mass is 394 g/mol. The molecule has 0 amide bonds. The molecular weight excluding hydrogens is 384 g/mol. The maximum atomic E-state index is 13.1. The highest BCUT2D eigenvalue weighted by Gasteiger charge is 2.48. The highest BCUT2D eigenvalue weighted by molar-refractivity contribution is 6.31. The molecule has 0 saturated heterocycles. The minimum atomic E-state index is -4.84. The minimum Gasteiger partial charge on any atom is -0.478 e. The van der Waals surface area contributed by atoms with Gasteiger partial charge in [-0.1, -0.05) is 11.6 Å². The number of carboxylic acids is 1. The fourth-order valence-electron chi connectivity index (χ4n) is 2.37. The van der Waals surface area contributed by atoms with Crippen LogP contribution in [0.2, 0.25) is 5.02 Å². The zero-order chi connectivity index (χ0) is 17.5. The molecule has 1 atom stereocenters. The predicted octanol–water partition coefficient (Wildman–Crippen LogP) is 3.80. The molecular formula is C15H11Cl2F3N2O3. The van der Waals surface area contributed by atoms with Gasteiger partial charge in [0, 0.05) is 23.0 Å². The van der Waals surface area contributed by atoms with Crippen molar-refractivity contribution >= 4 is 36.1 Å². The summed E-state index contributed by atoms with van der Waals surface area (Å²) in [6.45, 7) is 0.293. The fraction of sp³-hybridized carbons (Fsp3) is 0.200. The van der Waals surface area contributed by atoms with Gasteiger partial charge in [0.25, 0.3) is 0 Å². The van der Waals surface area contributed by atoms with E-state index in [0.717, 1.165) is 6.08 Å². The zero-order valence-electron chi connectivity index (χ0n) is 12.3. The van der Waals surface area contributed by atoms with Gasteiger partial charge in [0.1, 0.15) is 5.75 Å². The first kappa shape index (κ1) is 19.1. The first-order valence-electron chi connectivity index (χ1n) is 6.72. The van der Waals surface area contributed by atoms with Gasteiger partial charge in [-0.25, -0.2) is 9.78 Å². The number of halogens is 5. The van der Waals surface area contributed by atoms with Gasteiger partial charge in [0.2, 0.25) is 6.10 Å². The highest BCUT2D eigenvalue weighted by Crippen LogP contribution is 2.39. The molecule has 3 rings (SSSR count). The van der Waals surface area contributed by atoms with Crippen LogP contribution in [0.3, 0.4) is 0 Å². The van der Waals surface area contributed by atoms with Crippen molar-refractivity contribution in [3.05, 3.63) is 52.6 Å². The van der Waals surface area contributed by atoms with Crippen LogP contribution < -0.4 is 4.74 Å². The summed E-state index contributed by atoms with van der Waals surface area (Å²) in [5.41, 5.74) is -0.165. The molecule has 2 aromatic rings. The molecule has 0 radical (unpaired) electrons. The Bertz CT molecular complexity index is 820. The molecule has 1 aliphatic heterocycles. The lowest BCUT2D eigenvalue weighted by molar-refractivity contribution is -0.187. The molecule has 0 spiro atoms. The van der Waals surface area contributed by atoms with Gasteiger partial charge in [-0.05, 0) is 23.8 Å². The van der Waals surface area contributed by atoms with Crippen molar-refractivity contribution in [3.8, 4) is 5.75 Å². The van der Waals surface area contributed by atoms with E-state index in [4.69, 9.17) is 21.4 Å². The average Bonchev–Trinajstić information content (AvgIpc) is 2.98. The number of carbonyl (C=O) groups is 1. The van der Waals surface area contributed by atoms with E-state index in [1.807, 2.05) is 0 Å². The van der Waals surface area contributed by atoms with Gasteiger partial charge in [0.15, 0.2) is 0 Å². The van der Waals surface area contributed by atoms with E-state index in [1.165, 1.54) is 18.5 Å². The predicted molar refractivity (Wildman–Crippen MR) is 86.1 cm³/mol. The van der Waals surface area contributed by atoms with Crippen LogP contribution in [0.5, 0.6) is 5.75 Å². The third-order valence-corrected chi connectivity index (χ3v) is 3.83. The van der Waals surface area contributed by atoms with Crippen LogP contribution >= 0.6 is 24.0 Å². The van der Waals surface area contributed by atoms with Crippen molar-refractivity contribution in [2.75, 3.05) is 0 Å². The number of imidazole rings is 1. The third kappa shape index (κ3) is 3.91. The first-order valence-corrected chi connectivity index (χ1v) is 7.10. The number of aliphatic carboxylic acids is 1. The summed E-state index contributed by atoms with van der Waals surface area (Å²) in [7, 11) is 0. The van der Waals surface area contributed by atoms with Crippen molar-refractivity contribution < 1.29 is 27.8 Å². The van der Waals surface area contributed by atoms with Crippen molar-refractivity contribution in [1.29, 1.82) is 0 Å². The van der Waals surface area contributed by atoms with Crippen LogP contribution in [-0.4, -0.2) is 32.9 Å². The van der Waals surface area contributed by atoms with Crippen LogP contribution in [0.4, 0.5) is 13.2 Å². The van der Waals surface area contributed by atoms with Crippen LogP contribution in [0, 0.1) is 0 Å². The molecule has 1 aromatic heterocycles. The number of hydrogen-bond acceptors (Lipinski definition) is 3. The number of fused-ring (bicyclic) bond motifs is 1. The summed E-state index contributed by atoms with van der Waals surface area (Å²) in [5.74, 6) is -1.76. The molecule has 1 aromatic carbocycles. The van der Waals surface area contributed by atoms with Gasteiger partial charge in [-0.2, -0.15) is 13.2 Å². The second kappa shape index (κ2) is 6.97. The number of hydrogen-bond donors (Lipinski definition) is 1. The Morgan fingerprint density at radius 1 is 1.40 bits per heavy atom. The van der Waals surface area contributed by atoms with E-state index < -0.39 is 23.8 Å². The lowest BCUT2D eigenvalue weighted by Gasteiger charge is -2.27. The molecule has 0 fully saturated rings. The number of carboxylic acid groups (broad SMARTS) is 1. The summed E-state index contributed by atoms with van der Waals surface area (Å²) in [6.07, 6.45) is -1.65. The van der Waals surface area contributed by atoms with Gasteiger partial charge >= 0.3 is 12.1 Å². The minimum absolute atomic E-state index is 0. The Morgan fingerprint density at radius 2 is 2.12 bits per heavy atom. The Labute approximate surface area is 151 Å². The van der Waals surface area contributed by atoms with E-state index >= 15 is 0 Å². The maximum absolute atomic E-state index is 13.1. The van der Waals surface area contributed by atoms with Gasteiger partial charge in [-0.3, -0.25) is 0 Å². The van der Waals surface area contributed by atoms with E-state index in [-0.39, 0.29) is 28.7 Å². The number of aromatic nitrogens is 2. The van der Waals surface area contributed by atoms with Crippen molar-refractivity contribution in [1.82, 2.24) is 9.55 Å². The first-order chi connectivity index (χ1) is 11.3. The average molecular weight is 395 g/mol. The van der Waals surface area contributed by atoms with E-state index in [9.17, 15) is 18.0 Å². The smallest absolute Gasteiger partial charge is 0.430 e. The summed E-state index contributed by atoms with van der Waals surface area (Å²) < 4.78 is 45.8. The van der Waals surface area contributed by atoms with Crippen molar-refractivity contribution in [3.63, 3.8) is 0 Å². The zero-order valence-corrected chi connectivity index (χ0v) is 13.9. The topological polar surface area (TPSA) is 64.3 Å². The Kier molecular flexibility index (Phi) is 5.34. The Balaban J connectivity index is 0.00000225. The van der Waals surface area contributed by atoms with Crippen LogP contribution in [0.25, 0.3) is 6.08 Å². The number of ether oxygens (including phenoxy) is 1. The fourth-order valence-corrected chi connectivity index (χ4v) is 2.61. The van der Waals surface area contributed by atoms with E-state index in [0.29, 0.717) is 12.1 Å². The standard InChI is InChI=1S/C15H10ClF3N2O3.ClH/c16-11-4-8-3-10(14(22)23)13(15(17,18)19)24-12(8)5-9(11)6-21-2-1-20-7-21;/h1-5,7,13H,6H2,(H,22,23);1H. The summed E-state index contributed by atoms with van der Waals surface area (Å²) in [5, 5.41) is 9.29. The molecule has 0 bridgehead atoms. The molecule has 0 saturated carbocycles. The summed E-state index contributed by atoms with van der Waals surface area (Å²) in [4.78, 5) is 15.0. The number of benzene rings is 1. The molecule has 1 unspecified atom stereocenters. The molecule has 10 heteroatoms. The van der Waals surface area contributed by atoms with Crippen molar-refractivity contribution in [2.24, 2.45) is 0 Å². The second-order valence-corrected chi connectivity index (χ2v) is 5.57.